The molecule has 1 amide bonds. The molecule has 0 aliphatic carbocycles. The Morgan fingerprint density at radius 3 is 2.33 bits per heavy atom. The number of hydrogen-bond donors (Lipinski definition) is 3. The number of carboxylic acids is 1. The SMILES string of the molecule is CC(C)(C)OC(=O)NC(CCc1ccccc1)CC[C@H](N)C(=O)O. The highest BCUT2D eigenvalue weighted by Crippen LogP contribution is 2.12. The van der Waals surface area contributed by atoms with Crippen LogP contribution < -0.4 is 11.1 Å². The number of aryl methyl sites for hydroxylation is 1. The van der Waals surface area contributed by atoms with Crippen LogP contribution in [0.4, 0.5) is 4.79 Å². The summed E-state index contributed by atoms with van der Waals surface area (Å²) in [4.78, 5) is 22.8. The second-order valence-corrected chi connectivity index (χ2v) is 6.89. The van der Waals surface area contributed by atoms with Crippen LogP contribution in [-0.4, -0.2) is 34.9 Å². The molecular formula is C18H28N2O4. The summed E-state index contributed by atoms with van der Waals surface area (Å²) in [6.07, 6.45) is 1.76. The van der Waals surface area contributed by atoms with Gasteiger partial charge in [-0.1, -0.05) is 30.3 Å². The summed E-state index contributed by atoms with van der Waals surface area (Å²) < 4.78 is 5.28. The predicted octanol–water partition coefficient (Wildman–Crippen LogP) is 2.70. The maximum absolute atomic E-state index is 12.0. The van der Waals surface area contributed by atoms with Crippen molar-refractivity contribution in [3.05, 3.63) is 35.9 Å². The average Bonchev–Trinajstić information content (AvgIpc) is 2.48. The normalized spacial score (nSPS) is 13.8. The second-order valence-electron chi connectivity index (χ2n) is 6.89. The molecule has 1 aromatic rings. The Morgan fingerprint density at radius 1 is 1.17 bits per heavy atom. The molecule has 2 atom stereocenters. The first-order valence-corrected chi connectivity index (χ1v) is 8.19. The molecule has 0 saturated heterocycles. The summed E-state index contributed by atoms with van der Waals surface area (Å²) in [5.74, 6) is -1.03. The molecule has 0 fully saturated rings. The van der Waals surface area contributed by atoms with Gasteiger partial charge in [0.1, 0.15) is 11.6 Å². The summed E-state index contributed by atoms with van der Waals surface area (Å²) in [5, 5.41) is 11.7. The second kappa shape index (κ2) is 9.27. The van der Waals surface area contributed by atoms with Crippen molar-refractivity contribution in [2.75, 3.05) is 0 Å². The van der Waals surface area contributed by atoms with E-state index in [1.807, 2.05) is 30.3 Å². The maximum Gasteiger partial charge on any atom is 0.407 e. The highest BCUT2D eigenvalue weighted by Gasteiger charge is 2.21. The van der Waals surface area contributed by atoms with E-state index >= 15 is 0 Å². The zero-order valence-corrected chi connectivity index (χ0v) is 14.6. The Hall–Kier alpha value is -2.08. The van der Waals surface area contributed by atoms with Crippen molar-refractivity contribution in [3.8, 4) is 0 Å². The van der Waals surface area contributed by atoms with Gasteiger partial charge >= 0.3 is 12.1 Å². The number of ether oxygens (including phenoxy) is 1. The summed E-state index contributed by atoms with van der Waals surface area (Å²) >= 11 is 0. The zero-order chi connectivity index (χ0) is 18.2. The van der Waals surface area contributed by atoms with Gasteiger partial charge in [0.2, 0.25) is 0 Å². The number of alkyl carbamates (subject to hydrolysis) is 1. The van der Waals surface area contributed by atoms with Crippen molar-refractivity contribution >= 4 is 12.1 Å². The number of carbonyl (C=O) groups excluding carboxylic acids is 1. The van der Waals surface area contributed by atoms with E-state index in [0.717, 1.165) is 12.0 Å². The standard InChI is InChI=1S/C18H28N2O4/c1-18(2,3)24-17(23)20-14(11-12-15(19)16(21)22)10-9-13-7-5-4-6-8-13/h4-8,14-15H,9-12,19H2,1-3H3,(H,20,23)(H,21,22)/t14?,15-/m0/s1. The molecule has 4 N–H and O–H groups in total. The van der Waals surface area contributed by atoms with Crippen LogP contribution in [0.3, 0.4) is 0 Å². The lowest BCUT2D eigenvalue weighted by Gasteiger charge is -2.24. The molecule has 0 heterocycles. The van der Waals surface area contributed by atoms with E-state index in [9.17, 15) is 9.59 Å². The smallest absolute Gasteiger partial charge is 0.407 e. The molecule has 0 aliphatic rings. The van der Waals surface area contributed by atoms with Gasteiger partial charge in [0.15, 0.2) is 0 Å². The Balaban J connectivity index is 2.60. The van der Waals surface area contributed by atoms with E-state index in [-0.39, 0.29) is 6.04 Å². The fourth-order valence-electron chi connectivity index (χ4n) is 2.25. The molecule has 1 unspecified atom stereocenters. The summed E-state index contributed by atoms with van der Waals surface area (Å²) in [7, 11) is 0. The van der Waals surface area contributed by atoms with E-state index in [1.165, 1.54) is 0 Å². The van der Waals surface area contributed by atoms with Crippen molar-refractivity contribution in [1.82, 2.24) is 5.32 Å². The number of rotatable bonds is 8. The van der Waals surface area contributed by atoms with E-state index in [1.54, 1.807) is 20.8 Å². The lowest BCUT2D eigenvalue weighted by molar-refractivity contribution is -0.138. The van der Waals surface area contributed by atoms with Gasteiger partial charge in [-0.2, -0.15) is 0 Å². The first-order chi connectivity index (χ1) is 11.2. The number of carboxylic acid groups (broad SMARTS) is 1. The number of aliphatic carboxylic acids is 1. The van der Waals surface area contributed by atoms with Crippen molar-refractivity contribution < 1.29 is 19.4 Å². The molecule has 0 bridgehead atoms. The summed E-state index contributed by atoms with van der Waals surface area (Å²) in [6, 6.07) is 8.81. The topological polar surface area (TPSA) is 102 Å². The molecule has 1 rings (SSSR count). The quantitative estimate of drug-likeness (QED) is 0.677. The lowest BCUT2D eigenvalue weighted by atomic mass is 9.99. The Bertz CT molecular complexity index is 526. The molecule has 6 heteroatoms. The molecule has 0 saturated carbocycles. The minimum Gasteiger partial charge on any atom is -0.480 e. The third-order valence-corrected chi connectivity index (χ3v) is 3.49. The van der Waals surface area contributed by atoms with Gasteiger partial charge in [-0.05, 0) is 52.0 Å². The van der Waals surface area contributed by atoms with Crippen LogP contribution >= 0.6 is 0 Å². The maximum atomic E-state index is 12.0. The molecule has 134 valence electrons. The van der Waals surface area contributed by atoms with Gasteiger partial charge in [0.25, 0.3) is 0 Å². The first-order valence-electron chi connectivity index (χ1n) is 8.19. The fraction of sp³-hybridized carbons (Fsp3) is 0.556. The number of nitrogens with two attached hydrogens (primary N) is 1. The monoisotopic (exact) mass is 336 g/mol. The Labute approximate surface area is 143 Å². The highest BCUT2D eigenvalue weighted by molar-refractivity contribution is 5.73. The van der Waals surface area contributed by atoms with Gasteiger partial charge in [-0.25, -0.2) is 4.79 Å². The van der Waals surface area contributed by atoms with Crippen LogP contribution in [0.5, 0.6) is 0 Å². The zero-order valence-electron chi connectivity index (χ0n) is 14.6. The average molecular weight is 336 g/mol. The fourth-order valence-corrected chi connectivity index (χ4v) is 2.25. The van der Waals surface area contributed by atoms with Crippen molar-refractivity contribution in [2.45, 2.75) is 64.1 Å². The van der Waals surface area contributed by atoms with Gasteiger partial charge in [0, 0.05) is 6.04 Å². The lowest BCUT2D eigenvalue weighted by Crippen LogP contribution is -2.41. The number of benzene rings is 1. The molecule has 1 aromatic carbocycles. The molecule has 0 spiro atoms. The number of nitrogens with one attached hydrogen (secondary N) is 1. The van der Waals surface area contributed by atoms with Crippen molar-refractivity contribution in [3.63, 3.8) is 0 Å². The number of carbonyl (C=O) groups is 2. The van der Waals surface area contributed by atoms with Crippen molar-refractivity contribution in [2.24, 2.45) is 5.73 Å². The summed E-state index contributed by atoms with van der Waals surface area (Å²) in [6.45, 7) is 5.39. The molecule has 0 aliphatic heterocycles. The summed E-state index contributed by atoms with van der Waals surface area (Å²) in [5.41, 5.74) is 6.15. The Kier molecular flexibility index (Phi) is 7.71. The van der Waals surface area contributed by atoms with Crippen molar-refractivity contribution in [1.29, 1.82) is 0 Å². The minimum atomic E-state index is -1.03. The highest BCUT2D eigenvalue weighted by atomic mass is 16.6. The van der Waals surface area contributed by atoms with E-state index in [2.05, 4.69) is 5.32 Å². The largest absolute Gasteiger partial charge is 0.480 e. The third kappa shape index (κ3) is 8.53. The Morgan fingerprint density at radius 2 is 1.79 bits per heavy atom. The first kappa shape index (κ1) is 20.0. The van der Waals surface area contributed by atoms with Gasteiger partial charge in [-0.15, -0.1) is 0 Å². The van der Waals surface area contributed by atoms with Gasteiger partial charge in [-0.3, -0.25) is 4.79 Å². The van der Waals surface area contributed by atoms with E-state index in [0.29, 0.717) is 19.3 Å². The van der Waals surface area contributed by atoms with Crippen LogP contribution in [0.2, 0.25) is 0 Å². The molecule has 0 aromatic heterocycles. The third-order valence-electron chi connectivity index (χ3n) is 3.49. The van der Waals surface area contributed by atoms with Crippen LogP contribution in [-0.2, 0) is 16.0 Å². The van der Waals surface area contributed by atoms with Crippen LogP contribution in [0, 0.1) is 0 Å². The van der Waals surface area contributed by atoms with E-state index < -0.39 is 23.7 Å². The number of hydrogen-bond acceptors (Lipinski definition) is 4. The number of amides is 1. The van der Waals surface area contributed by atoms with E-state index in [4.69, 9.17) is 15.6 Å². The van der Waals surface area contributed by atoms with Crippen LogP contribution in [0.15, 0.2) is 30.3 Å². The van der Waals surface area contributed by atoms with Crippen LogP contribution in [0.1, 0.15) is 45.6 Å². The van der Waals surface area contributed by atoms with Crippen LogP contribution in [0.25, 0.3) is 0 Å². The van der Waals surface area contributed by atoms with Gasteiger partial charge < -0.3 is 20.9 Å². The predicted molar refractivity (Wildman–Crippen MR) is 92.8 cm³/mol. The minimum absolute atomic E-state index is 0.189. The van der Waals surface area contributed by atoms with Gasteiger partial charge in [0.05, 0.1) is 0 Å². The molecular weight excluding hydrogens is 308 g/mol. The molecule has 6 nitrogen and oxygen atoms in total. The molecule has 24 heavy (non-hydrogen) atoms. The molecule has 0 radical (unpaired) electrons.